The second-order valence-corrected chi connectivity index (χ2v) is 8.22. The number of aromatic nitrogens is 3. The summed E-state index contributed by atoms with van der Waals surface area (Å²) < 4.78 is 13.8. The van der Waals surface area contributed by atoms with Crippen molar-refractivity contribution in [3.63, 3.8) is 0 Å². The highest BCUT2D eigenvalue weighted by Gasteiger charge is 2.24. The van der Waals surface area contributed by atoms with Gasteiger partial charge >= 0.3 is 0 Å². The fraction of sp³-hybridized carbons (Fsp3) is 0.148. The smallest absolute Gasteiger partial charge is 0.296 e. The monoisotopic (exact) mass is 468 g/mol. The number of aryl methyl sites for hydroxylation is 2. The summed E-state index contributed by atoms with van der Waals surface area (Å²) in [5.41, 5.74) is 3.09. The Morgan fingerprint density at radius 2 is 1.71 bits per heavy atom. The Balaban J connectivity index is 1.78. The number of methoxy groups -OCH3 is 2. The average Bonchev–Trinajstić information content (AvgIpc) is 3.18. The van der Waals surface area contributed by atoms with Gasteiger partial charge in [0.05, 0.1) is 25.6 Å². The number of para-hydroxylation sites is 1. The lowest BCUT2D eigenvalue weighted by Crippen LogP contribution is -2.27. The summed E-state index contributed by atoms with van der Waals surface area (Å²) in [5.74, 6) is 0.563. The predicted octanol–water partition coefficient (Wildman–Crippen LogP) is 4.46. The van der Waals surface area contributed by atoms with Crippen molar-refractivity contribution in [3.8, 4) is 17.2 Å². The van der Waals surface area contributed by atoms with Crippen molar-refractivity contribution in [1.82, 2.24) is 14.3 Å². The van der Waals surface area contributed by atoms with Crippen LogP contribution in [-0.4, -0.2) is 34.5 Å². The summed E-state index contributed by atoms with van der Waals surface area (Å²) in [4.78, 5) is 27.3. The second-order valence-electron chi connectivity index (χ2n) is 8.22. The summed E-state index contributed by atoms with van der Waals surface area (Å²) in [6.45, 7) is 1.97. The number of fused-ring (bicyclic) bond motifs is 3. The summed E-state index contributed by atoms with van der Waals surface area (Å²) >= 11 is 0. The van der Waals surface area contributed by atoms with Gasteiger partial charge in [0.1, 0.15) is 17.0 Å². The first-order valence-electron chi connectivity index (χ1n) is 11.0. The van der Waals surface area contributed by atoms with Crippen molar-refractivity contribution in [3.05, 3.63) is 88.3 Å². The zero-order chi connectivity index (χ0) is 24.7. The van der Waals surface area contributed by atoms with Crippen molar-refractivity contribution in [2.75, 3.05) is 19.5 Å². The Bertz CT molecular complexity index is 1650. The second kappa shape index (κ2) is 8.64. The Labute approximate surface area is 201 Å². The third-order valence-electron chi connectivity index (χ3n) is 6.09. The van der Waals surface area contributed by atoms with Crippen molar-refractivity contribution < 1.29 is 14.3 Å². The van der Waals surface area contributed by atoms with Crippen molar-refractivity contribution >= 4 is 33.4 Å². The SMILES string of the molecule is COc1ccc(OC)c(NC(=O)c2nn(-c3ccc(C)cc3)c(=O)c3c2c2ccccc2n3C)c1. The number of hydrogen-bond acceptors (Lipinski definition) is 5. The molecular formula is C27H24N4O4. The number of carbonyl (C=O) groups is 1. The molecule has 0 aliphatic carbocycles. The van der Waals surface area contributed by atoms with E-state index in [0.717, 1.165) is 16.5 Å². The number of carbonyl (C=O) groups excluding carboxylic acids is 1. The lowest BCUT2D eigenvalue weighted by molar-refractivity contribution is 0.102. The molecule has 3 aromatic carbocycles. The van der Waals surface area contributed by atoms with Gasteiger partial charge in [0.15, 0.2) is 5.69 Å². The largest absolute Gasteiger partial charge is 0.497 e. The molecule has 5 rings (SSSR count). The normalized spacial score (nSPS) is 11.1. The van der Waals surface area contributed by atoms with E-state index < -0.39 is 5.91 Å². The van der Waals surface area contributed by atoms with Gasteiger partial charge in [0.2, 0.25) is 0 Å². The van der Waals surface area contributed by atoms with Gasteiger partial charge in [-0.05, 0) is 37.3 Å². The third kappa shape index (κ3) is 3.69. The van der Waals surface area contributed by atoms with E-state index in [4.69, 9.17) is 9.47 Å². The summed E-state index contributed by atoms with van der Waals surface area (Å²) in [6, 6.07) is 20.1. The molecule has 0 atom stereocenters. The van der Waals surface area contributed by atoms with Crippen LogP contribution >= 0.6 is 0 Å². The maximum absolute atomic E-state index is 13.7. The van der Waals surface area contributed by atoms with Gasteiger partial charge in [-0.2, -0.15) is 9.78 Å². The van der Waals surface area contributed by atoms with E-state index in [2.05, 4.69) is 10.4 Å². The van der Waals surface area contributed by atoms with E-state index >= 15 is 0 Å². The fourth-order valence-corrected chi connectivity index (χ4v) is 4.29. The fourth-order valence-electron chi connectivity index (χ4n) is 4.29. The van der Waals surface area contributed by atoms with Gasteiger partial charge < -0.3 is 19.4 Å². The molecule has 5 aromatic rings. The number of nitrogens with one attached hydrogen (secondary N) is 1. The molecule has 0 aliphatic heterocycles. The maximum Gasteiger partial charge on any atom is 0.296 e. The van der Waals surface area contributed by atoms with E-state index in [1.165, 1.54) is 11.8 Å². The minimum absolute atomic E-state index is 0.127. The summed E-state index contributed by atoms with van der Waals surface area (Å²) in [6.07, 6.45) is 0. The van der Waals surface area contributed by atoms with Crippen LogP contribution in [0.25, 0.3) is 27.5 Å². The molecule has 0 radical (unpaired) electrons. The van der Waals surface area contributed by atoms with E-state index in [0.29, 0.717) is 33.8 Å². The van der Waals surface area contributed by atoms with Gasteiger partial charge in [-0.25, -0.2) is 0 Å². The number of amides is 1. The number of anilines is 1. The zero-order valence-corrected chi connectivity index (χ0v) is 19.8. The van der Waals surface area contributed by atoms with Crippen LogP contribution < -0.4 is 20.3 Å². The highest BCUT2D eigenvalue weighted by Crippen LogP contribution is 2.32. The van der Waals surface area contributed by atoms with E-state index in [9.17, 15) is 9.59 Å². The number of benzene rings is 3. The van der Waals surface area contributed by atoms with Gasteiger partial charge in [-0.15, -0.1) is 0 Å². The van der Waals surface area contributed by atoms with Crippen molar-refractivity contribution in [2.24, 2.45) is 7.05 Å². The molecule has 176 valence electrons. The van der Waals surface area contributed by atoms with E-state index in [1.54, 1.807) is 25.3 Å². The molecule has 0 saturated carbocycles. The maximum atomic E-state index is 13.7. The molecule has 2 aromatic heterocycles. The van der Waals surface area contributed by atoms with Gasteiger partial charge in [-0.3, -0.25) is 9.59 Å². The minimum Gasteiger partial charge on any atom is -0.497 e. The quantitative estimate of drug-likeness (QED) is 0.412. The third-order valence-corrected chi connectivity index (χ3v) is 6.09. The molecule has 1 N–H and O–H groups in total. The average molecular weight is 469 g/mol. The standard InChI is InChI=1S/C27H24N4O4/c1-16-9-11-17(12-10-16)31-27(33)25-23(19-7-5-6-8-21(19)30(25)2)24(29-31)26(32)28-20-15-18(34-3)13-14-22(20)35-4/h5-15H,1-4H3,(H,28,32). The first-order chi connectivity index (χ1) is 16.9. The Morgan fingerprint density at radius 3 is 2.43 bits per heavy atom. The number of nitrogens with zero attached hydrogens (tertiary/aromatic N) is 3. The van der Waals surface area contributed by atoms with Crippen LogP contribution in [0.2, 0.25) is 0 Å². The van der Waals surface area contributed by atoms with Gasteiger partial charge in [0.25, 0.3) is 11.5 Å². The minimum atomic E-state index is -0.473. The lowest BCUT2D eigenvalue weighted by Gasteiger charge is -2.13. The molecule has 0 aliphatic rings. The van der Waals surface area contributed by atoms with Crippen LogP contribution in [0, 0.1) is 6.92 Å². The molecule has 0 spiro atoms. The van der Waals surface area contributed by atoms with Crippen LogP contribution in [0.1, 0.15) is 16.1 Å². The molecule has 0 bridgehead atoms. The highest BCUT2D eigenvalue weighted by atomic mass is 16.5. The van der Waals surface area contributed by atoms with Crippen molar-refractivity contribution in [1.29, 1.82) is 0 Å². The number of hydrogen-bond donors (Lipinski definition) is 1. The topological polar surface area (TPSA) is 87.4 Å². The molecular weight excluding hydrogens is 444 g/mol. The number of ether oxygens (including phenoxy) is 2. The number of rotatable bonds is 5. The molecule has 2 heterocycles. The van der Waals surface area contributed by atoms with Crippen LogP contribution in [0.15, 0.2) is 71.5 Å². The van der Waals surface area contributed by atoms with Crippen molar-refractivity contribution in [2.45, 2.75) is 6.92 Å². The summed E-state index contributed by atoms with van der Waals surface area (Å²) in [5, 5.41) is 8.73. The Kier molecular flexibility index (Phi) is 5.49. The summed E-state index contributed by atoms with van der Waals surface area (Å²) in [7, 11) is 4.89. The molecule has 35 heavy (non-hydrogen) atoms. The lowest BCUT2D eigenvalue weighted by atomic mass is 10.1. The van der Waals surface area contributed by atoms with Crippen LogP contribution in [0.5, 0.6) is 11.5 Å². The van der Waals surface area contributed by atoms with Crippen LogP contribution in [-0.2, 0) is 7.05 Å². The van der Waals surface area contributed by atoms with Gasteiger partial charge in [0, 0.05) is 29.4 Å². The highest BCUT2D eigenvalue weighted by molar-refractivity contribution is 6.19. The van der Waals surface area contributed by atoms with Crippen LogP contribution in [0.3, 0.4) is 0 Å². The molecule has 0 saturated heterocycles. The van der Waals surface area contributed by atoms with Crippen LogP contribution in [0.4, 0.5) is 5.69 Å². The molecule has 1 amide bonds. The van der Waals surface area contributed by atoms with Gasteiger partial charge in [-0.1, -0.05) is 35.9 Å². The molecule has 0 fully saturated rings. The molecule has 8 nitrogen and oxygen atoms in total. The molecule has 8 heteroatoms. The van der Waals surface area contributed by atoms with E-state index in [-0.39, 0.29) is 11.3 Å². The predicted molar refractivity (Wildman–Crippen MR) is 136 cm³/mol. The Hall–Kier alpha value is -4.59. The van der Waals surface area contributed by atoms with E-state index in [1.807, 2.05) is 67.1 Å². The Morgan fingerprint density at radius 1 is 0.971 bits per heavy atom. The first-order valence-corrected chi connectivity index (χ1v) is 11.0. The first kappa shape index (κ1) is 22.2. The molecule has 0 unspecified atom stereocenters. The zero-order valence-electron chi connectivity index (χ0n) is 19.8.